The second-order valence-corrected chi connectivity index (χ2v) is 19.5. The minimum absolute atomic E-state index is 0.0279. The molecule has 0 bridgehead atoms. The van der Waals surface area contributed by atoms with Gasteiger partial charge in [0, 0.05) is 17.1 Å². The number of fused-ring (bicyclic) bond motifs is 3. The molecule has 1 aliphatic rings. The Kier molecular flexibility index (Phi) is 11.9. The van der Waals surface area contributed by atoms with Crippen molar-refractivity contribution in [3.8, 4) is 28.0 Å². The van der Waals surface area contributed by atoms with E-state index in [1.807, 2.05) is 0 Å². The summed E-state index contributed by atoms with van der Waals surface area (Å²) in [6.45, 7) is 16.7. The molecule has 0 fully saturated rings. The highest BCUT2D eigenvalue weighted by Gasteiger charge is 2.46. The molecule has 2 heteroatoms. The number of hydrogen-bond donors (Lipinski definition) is 0. The number of anilines is 3. The lowest BCUT2D eigenvalue weighted by molar-refractivity contribution is 0.306. The molecule has 0 aromatic heterocycles. The van der Waals surface area contributed by atoms with Gasteiger partial charge in [0.1, 0.15) is 12.4 Å². The Balaban J connectivity index is 1.13. The molecule has 0 saturated heterocycles. The summed E-state index contributed by atoms with van der Waals surface area (Å²) < 4.78 is 6.53. The van der Waals surface area contributed by atoms with Gasteiger partial charge in [0.2, 0.25) is 0 Å². The van der Waals surface area contributed by atoms with E-state index >= 15 is 0 Å². The fraction of sp³-hybridized carbons (Fsp3) is 0.226. The highest BCUT2D eigenvalue weighted by Crippen LogP contribution is 2.57. The third-order valence-corrected chi connectivity index (χ3v) is 13.3. The van der Waals surface area contributed by atoms with Gasteiger partial charge in [0.15, 0.2) is 0 Å². The molecule has 9 rings (SSSR count). The zero-order chi connectivity index (χ0) is 44.4. The van der Waals surface area contributed by atoms with E-state index in [4.69, 9.17) is 4.74 Å². The lowest BCUT2D eigenvalue weighted by Crippen LogP contribution is -2.29. The normalized spacial score (nSPS) is 14.9. The second-order valence-electron chi connectivity index (χ2n) is 19.5. The lowest BCUT2D eigenvalue weighted by Gasteiger charge is -2.35. The Hall–Kier alpha value is -6.64. The molecular formula is C62H61NO. The summed E-state index contributed by atoms with van der Waals surface area (Å²) in [7, 11) is 0. The molecule has 8 aromatic carbocycles. The fourth-order valence-electron chi connectivity index (χ4n) is 10.0. The van der Waals surface area contributed by atoms with Crippen LogP contribution in [0.4, 0.5) is 17.1 Å². The highest BCUT2D eigenvalue weighted by molar-refractivity contribution is 5.89. The Morgan fingerprint density at radius 2 is 1.05 bits per heavy atom. The van der Waals surface area contributed by atoms with Crippen molar-refractivity contribution in [2.24, 2.45) is 11.8 Å². The highest BCUT2D eigenvalue weighted by atomic mass is 16.5. The molecule has 320 valence electrons. The third kappa shape index (κ3) is 8.30. The van der Waals surface area contributed by atoms with Crippen molar-refractivity contribution in [1.29, 1.82) is 0 Å². The first-order valence-corrected chi connectivity index (χ1v) is 23.2. The van der Waals surface area contributed by atoms with Crippen LogP contribution in [-0.2, 0) is 17.4 Å². The maximum Gasteiger partial charge on any atom is 0.119 e. The average Bonchev–Trinajstić information content (AvgIpc) is 3.61. The molecule has 0 spiro atoms. The molecule has 0 heterocycles. The largest absolute Gasteiger partial charge is 0.489 e. The van der Waals surface area contributed by atoms with Crippen molar-refractivity contribution in [3.63, 3.8) is 0 Å². The van der Waals surface area contributed by atoms with Crippen molar-refractivity contribution >= 4 is 17.1 Å². The van der Waals surface area contributed by atoms with E-state index < -0.39 is 5.41 Å². The fourth-order valence-corrected chi connectivity index (χ4v) is 10.0. The third-order valence-electron chi connectivity index (χ3n) is 13.3. The SMILES string of the molecule is CC(C)CC(c1ccc(COc2ccc(C3(c4ccc(C(C)(C)C)cc4)c4ccccc4-c4ccc(N(c5ccccc5)c5ccc(-c6ccccc6)cc5)cc43)cc2)cc1)C(C)C. The predicted molar refractivity (Wildman–Crippen MR) is 270 cm³/mol. The number of nitrogens with zero attached hydrogens (tertiary/aromatic N) is 1. The van der Waals surface area contributed by atoms with Gasteiger partial charge in [0.05, 0.1) is 5.41 Å². The number of hydrogen-bond acceptors (Lipinski definition) is 2. The van der Waals surface area contributed by atoms with Gasteiger partial charge in [-0.25, -0.2) is 0 Å². The van der Waals surface area contributed by atoms with Crippen molar-refractivity contribution in [3.05, 3.63) is 239 Å². The summed E-state index contributed by atoms with van der Waals surface area (Å²) in [4.78, 5) is 2.39. The van der Waals surface area contributed by atoms with E-state index in [2.05, 4.69) is 254 Å². The van der Waals surface area contributed by atoms with Crippen LogP contribution in [0, 0.1) is 11.8 Å². The summed E-state index contributed by atoms with van der Waals surface area (Å²) in [5.41, 5.74) is 16.6. The van der Waals surface area contributed by atoms with Crippen LogP contribution in [0.3, 0.4) is 0 Å². The molecule has 2 nitrogen and oxygen atoms in total. The van der Waals surface area contributed by atoms with Gasteiger partial charge in [-0.2, -0.15) is 0 Å². The summed E-state index contributed by atoms with van der Waals surface area (Å²) in [6, 6.07) is 73.9. The molecule has 1 aliphatic carbocycles. The Morgan fingerprint density at radius 3 is 1.67 bits per heavy atom. The molecule has 8 aromatic rings. The van der Waals surface area contributed by atoms with Gasteiger partial charge in [-0.05, 0) is 139 Å². The monoisotopic (exact) mass is 835 g/mol. The first-order chi connectivity index (χ1) is 31.0. The molecule has 0 saturated carbocycles. The zero-order valence-electron chi connectivity index (χ0n) is 38.6. The minimum atomic E-state index is -0.588. The van der Waals surface area contributed by atoms with Crippen LogP contribution in [0.5, 0.6) is 5.75 Å². The van der Waals surface area contributed by atoms with E-state index in [0.717, 1.165) is 22.8 Å². The van der Waals surface area contributed by atoms with E-state index in [1.54, 1.807) is 0 Å². The number of rotatable bonds is 13. The summed E-state index contributed by atoms with van der Waals surface area (Å²) in [6.07, 6.45) is 1.20. The summed E-state index contributed by atoms with van der Waals surface area (Å²) in [5.74, 6) is 2.70. The average molecular weight is 836 g/mol. The predicted octanol–water partition coefficient (Wildman–Crippen LogP) is 16.8. The molecule has 0 amide bonds. The van der Waals surface area contributed by atoms with E-state index in [1.165, 1.54) is 67.6 Å². The number of benzene rings is 8. The number of para-hydroxylation sites is 1. The smallest absolute Gasteiger partial charge is 0.119 e. The zero-order valence-corrected chi connectivity index (χ0v) is 38.6. The summed E-state index contributed by atoms with van der Waals surface area (Å²) in [5, 5.41) is 0. The van der Waals surface area contributed by atoms with Gasteiger partial charge in [0.25, 0.3) is 0 Å². The van der Waals surface area contributed by atoms with Crippen LogP contribution in [-0.4, -0.2) is 0 Å². The summed E-state index contributed by atoms with van der Waals surface area (Å²) >= 11 is 0. The van der Waals surface area contributed by atoms with E-state index in [-0.39, 0.29) is 5.41 Å². The minimum Gasteiger partial charge on any atom is -0.489 e. The van der Waals surface area contributed by atoms with Gasteiger partial charge in [-0.15, -0.1) is 0 Å². The molecule has 0 aliphatic heterocycles. The molecule has 64 heavy (non-hydrogen) atoms. The van der Waals surface area contributed by atoms with E-state index in [9.17, 15) is 0 Å². The maximum atomic E-state index is 6.53. The Bertz CT molecular complexity index is 2800. The van der Waals surface area contributed by atoms with Crippen molar-refractivity contribution in [1.82, 2.24) is 0 Å². The molecule has 2 atom stereocenters. The standard InChI is InChI=1S/C62H61NO/c1-43(2)40-58(44(3)4)48-24-22-45(23-25-48)42-64-55-37-32-51(33-38-55)62(50-30-28-49(29-31-50)61(5,6)7)59-21-15-14-20-56(59)57-39-36-54(41-60(57)62)63(52-18-12-9-13-19-52)53-34-26-47(27-35-53)46-16-10-8-11-17-46/h8-39,41,43-44,58H,40,42H2,1-7H3. The topological polar surface area (TPSA) is 12.5 Å². The molecule has 2 unspecified atom stereocenters. The van der Waals surface area contributed by atoms with Crippen molar-refractivity contribution in [2.45, 2.75) is 78.2 Å². The second kappa shape index (κ2) is 17.9. The maximum absolute atomic E-state index is 6.53. The Morgan fingerprint density at radius 1 is 0.500 bits per heavy atom. The van der Waals surface area contributed by atoms with Crippen molar-refractivity contribution < 1.29 is 4.74 Å². The molecular weight excluding hydrogens is 775 g/mol. The van der Waals surface area contributed by atoms with Crippen LogP contribution in [0.25, 0.3) is 22.3 Å². The molecule has 0 radical (unpaired) electrons. The van der Waals surface area contributed by atoms with Crippen molar-refractivity contribution in [2.75, 3.05) is 4.90 Å². The van der Waals surface area contributed by atoms with Crippen LogP contribution in [0.15, 0.2) is 200 Å². The van der Waals surface area contributed by atoms with Gasteiger partial charge < -0.3 is 9.64 Å². The van der Waals surface area contributed by atoms with Gasteiger partial charge >= 0.3 is 0 Å². The van der Waals surface area contributed by atoms with E-state index in [0.29, 0.717) is 24.4 Å². The van der Waals surface area contributed by atoms with Gasteiger partial charge in [-0.1, -0.05) is 200 Å². The van der Waals surface area contributed by atoms with Crippen LogP contribution in [0.2, 0.25) is 0 Å². The van der Waals surface area contributed by atoms with Crippen LogP contribution < -0.4 is 9.64 Å². The van der Waals surface area contributed by atoms with Crippen LogP contribution in [0.1, 0.15) is 99.7 Å². The number of ether oxygens (including phenoxy) is 1. The Labute approximate surface area is 382 Å². The lowest BCUT2D eigenvalue weighted by atomic mass is 9.67. The molecule has 0 N–H and O–H groups in total. The first-order valence-electron chi connectivity index (χ1n) is 23.2. The first kappa shape index (κ1) is 42.7. The van der Waals surface area contributed by atoms with Crippen LogP contribution >= 0.6 is 0 Å². The quantitative estimate of drug-likeness (QED) is 0.115. The van der Waals surface area contributed by atoms with Gasteiger partial charge in [-0.3, -0.25) is 0 Å².